The quantitative estimate of drug-likeness (QED) is 0.809. The number of benzene rings is 2. The lowest BCUT2D eigenvalue weighted by molar-refractivity contribution is 0.0949. The summed E-state index contributed by atoms with van der Waals surface area (Å²) in [5, 5.41) is 2.90. The van der Waals surface area contributed by atoms with E-state index in [1.54, 1.807) is 18.2 Å². The van der Waals surface area contributed by atoms with E-state index < -0.39 is 10.0 Å². The summed E-state index contributed by atoms with van der Waals surface area (Å²) in [7, 11) is -3.70. The van der Waals surface area contributed by atoms with Crippen molar-refractivity contribution in [3.63, 3.8) is 0 Å². The molecule has 0 aliphatic carbocycles. The van der Waals surface area contributed by atoms with Crippen LogP contribution in [0.2, 0.25) is 0 Å². The number of nitrogens with zero attached hydrogens (tertiary/aromatic N) is 2. The molecule has 0 unspecified atom stereocenters. The smallest absolute Gasteiger partial charge is 0.264 e. The highest BCUT2D eigenvalue weighted by Gasteiger charge is 2.30. The molecule has 1 N–H and O–H groups in total. The van der Waals surface area contributed by atoms with Crippen LogP contribution in [0.5, 0.6) is 0 Å². The molecule has 0 radical (unpaired) electrons. The van der Waals surface area contributed by atoms with Crippen LogP contribution in [-0.4, -0.2) is 51.9 Å². The Morgan fingerprint density at radius 1 is 1.00 bits per heavy atom. The molecule has 28 heavy (non-hydrogen) atoms. The Bertz CT molecular complexity index is 968. The van der Waals surface area contributed by atoms with E-state index in [4.69, 9.17) is 0 Å². The number of carbonyl (C=O) groups excluding carboxylic acids is 1. The number of sulfonamides is 1. The lowest BCUT2D eigenvalue weighted by Crippen LogP contribution is -2.33. The Kier molecular flexibility index (Phi) is 5.37. The van der Waals surface area contributed by atoms with Gasteiger partial charge in [-0.15, -0.1) is 0 Å². The monoisotopic (exact) mass is 399 g/mol. The van der Waals surface area contributed by atoms with Gasteiger partial charge in [-0.2, -0.15) is 0 Å². The Hall–Kier alpha value is -2.38. The molecule has 2 aliphatic rings. The summed E-state index contributed by atoms with van der Waals surface area (Å²) in [4.78, 5) is 15.0. The lowest BCUT2D eigenvalue weighted by Gasteiger charge is -2.20. The topological polar surface area (TPSA) is 69.7 Å². The van der Waals surface area contributed by atoms with Crippen molar-refractivity contribution in [1.82, 2.24) is 10.2 Å². The first-order valence-electron chi connectivity index (χ1n) is 9.77. The zero-order valence-electron chi connectivity index (χ0n) is 15.8. The summed E-state index contributed by atoms with van der Waals surface area (Å²) >= 11 is 0. The summed E-state index contributed by atoms with van der Waals surface area (Å²) in [6, 6.07) is 13.9. The number of fused-ring (bicyclic) bond motifs is 1. The fourth-order valence-electron chi connectivity index (χ4n) is 3.92. The van der Waals surface area contributed by atoms with Gasteiger partial charge in [0.1, 0.15) is 0 Å². The van der Waals surface area contributed by atoms with Gasteiger partial charge in [0.05, 0.1) is 10.6 Å². The number of amides is 1. The molecule has 2 aromatic carbocycles. The molecule has 2 heterocycles. The second kappa shape index (κ2) is 7.93. The zero-order chi connectivity index (χ0) is 19.6. The molecule has 0 spiro atoms. The maximum absolute atomic E-state index is 13.1. The summed E-state index contributed by atoms with van der Waals surface area (Å²) < 4.78 is 27.7. The first-order valence-corrected chi connectivity index (χ1v) is 11.2. The van der Waals surface area contributed by atoms with Crippen LogP contribution in [0.4, 0.5) is 5.69 Å². The van der Waals surface area contributed by atoms with E-state index in [2.05, 4.69) is 10.2 Å². The van der Waals surface area contributed by atoms with E-state index >= 15 is 0 Å². The van der Waals surface area contributed by atoms with E-state index in [1.165, 1.54) is 23.2 Å². The Morgan fingerprint density at radius 2 is 1.79 bits per heavy atom. The third kappa shape index (κ3) is 3.77. The molecule has 1 fully saturated rings. The van der Waals surface area contributed by atoms with Gasteiger partial charge in [0.15, 0.2) is 0 Å². The van der Waals surface area contributed by atoms with Gasteiger partial charge in [-0.25, -0.2) is 8.42 Å². The van der Waals surface area contributed by atoms with Crippen LogP contribution in [0.3, 0.4) is 0 Å². The standard InChI is InChI=1S/C21H25N3O3S/c25-21(22-11-15-23-12-3-4-13-23)18-7-5-8-19(16-18)28(26,27)24-14-10-17-6-1-2-9-20(17)24/h1-2,5-9,16H,3-4,10-15H2,(H,22,25). The van der Waals surface area contributed by atoms with Crippen LogP contribution >= 0.6 is 0 Å². The second-order valence-electron chi connectivity index (χ2n) is 7.29. The predicted octanol–water partition coefficient (Wildman–Crippen LogP) is 2.26. The Morgan fingerprint density at radius 3 is 2.61 bits per heavy atom. The molecule has 148 valence electrons. The number of anilines is 1. The fourth-order valence-corrected chi connectivity index (χ4v) is 5.47. The molecule has 1 saturated heterocycles. The average Bonchev–Trinajstić information content (AvgIpc) is 3.38. The normalized spacial score (nSPS) is 16.9. The fraction of sp³-hybridized carbons (Fsp3) is 0.381. The van der Waals surface area contributed by atoms with Crippen LogP contribution in [0, 0.1) is 0 Å². The van der Waals surface area contributed by atoms with Crippen molar-refractivity contribution < 1.29 is 13.2 Å². The van der Waals surface area contributed by atoms with Crippen LogP contribution < -0.4 is 9.62 Å². The van der Waals surface area contributed by atoms with Crippen LogP contribution in [0.1, 0.15) is 28.8 Å². The summed E-state index contributed by atoms with van der Waals surface area (Å²) in [5.74, 6) is -0.238. The van der Waals surface area contributed by atoms with Gasteiger partial charge in [-0.1, -0.05) is 24.3 Å². The molecule has 0 atom stereocenters. The zero-order valence-corrected chi connectivity index (χ0v) is 16.6. The number of rotatable bonds is 6. The molecule has 2 aliphatic heterocycles. The first kappa shape index (κ1) is 19.0. The van der Waals surface area contributed by atoms with Crippen LogP contribution in [0.15, 0.2) is 53.4 Å². The molecule has 2 aromatic rings. The molecular weight excluding hydrogens is 374 g/mol. The number of hydrogen-bond acceptors (Lipinski definition) is 4. The van der Waals surface area contributed by atoms with Crippen molar-refractivity contribution in [3.05, 3.63) is 59.7 Å². The van der Waals surface area contributed by atoms with Crippen molar-refractivity contribution in [3.8, 4) is 0 Å². The average molecular weight is 400 g/mol. The lowest BCUT2D eigenvalue weighted by atomic mass is 10.2. The molecule has 7 heteroatoms. The van der Waals surface area contributed by atoms with Crippen molar-refractivity contribution in [1.29, 1.82) is 0 Å². The number of para-hydroxylation sites is 1. The van der Waals surface area contributed by atoms with Gasteiger partial charge >= 0.3 is 0 Å². The summed E-state index contributed by atoms with van der Waals surface area (Å²) in [6.07, 6.45) is 3.13. The third-order valence-electron chi connectivity index (χ3n) is 5.44. The maximum atomic E-state index is 13.1. The maximum Gasteiger partial charge on any atom is 0.264 e. The Labute approximate surface area is 166 Å². The second-order valence-corrected chi connectivity index (χ2v) is 9.15. The van der Waals surface area contributed by atoms with Gasteiger partial charge < -0.3 is 10.2 Å². The van der Waals surface area contributed by atoms with Crippen molar-refractivity contribution in [2.75, 3.05) is 37.0 Å². The third-order valence-corrected chi connectivity index (χ3v) is 7.25. The molecule has 0 bridgehead atoms. The number of nitrogens with one attached hydrogen (secondary N) is 1. The summed E-state index contributed by atoms with van der Waals surface area (Å²) in [5.41, 5.74) is 2.12. The SMILES string of the molecule is O=C(NCCN1CCCC1)c1cccc(S(=O)(=O)N2CCc3ccccc32)c1. The van der Waals surface area contributed by atoms with E-state index in [1.807, 2.05) is 24.3 Å². The molecule has 6 nitrogen and oxygen atoms in total. The van der Waals surface area contributed by atoms with E-state index in [0.717, 1.165) is 30.9 Å². The first-order chi connectivity index (χ1) is 13.6. The molecule has 0 saturated carbocycles. The van der Waals surface area contributed by atoms with Gasteiger partial charge in [-0.3, -0.25) is 9.10 Å². The van der Waals surface area contributed by atoms with Crippen molar-refractivity contribution in [2.45, 2.75) is 24.2 Å². The predicted molar refractivity (Wildman–Crippen MR) is 109 cm³/mol. The molecule has 0 aromatic heterocycles. The summed E-state index contributed by atoms with van der Waals surface area (Å²) in [6.45, 7) is 3.99. The minimum absolute atomic E-state index is 0.149. The molecule has 1 amide bonds. The highest BCUT2D eigenvalue weighted by Crippen LogP contribution is 2.32. The van der Waals surface area contributed by atoms with E-state index in [0.29, 0.717) is 25.1 Å². The molecule has 4 rings (SSSR count). The van der Waals surface area contributed by atoms with Gasteiger partial charge in [0.2, 0.25) is 0 Å². The number of carbonyl (C=O) groups is 1. The Balaban J connectivity index is 1.48. The van der Waals surface area contributed by atoms with Crippen LogP contribution in [0.25, 0.3) is 0 Å². The van der Waals surface area contributed by atoms with Crippen molar-refractivity contribution in [2.24, 2.45) is 0 Å². The van der Waals surface area contributed by atoms with Crippen LogP contribution in [-0.2, 0) is 16.4 Å². The largest absolute Gasteiger partial charge is 0.351 e. The van der Waals surface area contributed by atoms with Gasteiger partial charge in [0.25, 0.3) is 15.9 Å². The molecular formula is C21H25N3O3S. The highest BCUT2D eigenvalue weighted by atomic mass is 32.2. The van der Waals surface area contributed by atoms with Crippen molar-refractivity contribution >= 4 is 21.6 Å². The van der Waals surface area contributed by atoms with Gasteiger partial charge in [0, 0.05) is 25.2 Å². The minimum Gasteiger partial charge on any atom is -0.351 e. The van der Waals surface area contributed by atoms with Gasteiger partial charge in [-0.05, 0) is 62.2 Å². The van der Waals surface area contributed by atoms with E-state index in [9.17, 15) is 13.2 Å². The number of likely N-dealkylation sites (tertiary alicyclic amines) is 1. The highest BCUT2D eigenvalue weighted by molar-refractivity contribution is 7.92. The number of hydrogen-bond donors (Lipinski definition) is 1. The minimum atomic E-state index is -3.70. The van der Waals surface area contributed by atoms with E-state index in [-0.39, 0.29) is 10.8 Å².